The molecular formula is C18H18F3NO5S. The second-order valence-corrected chi connectivity index (χ2v) is 7.58. The molecule has 0 bridgehead atoms. The Morgan fingerprint density at radius 2 is 1.64 bits per heavy atom. The molecule has 6 nitrogen and oxygen atoms in total. The number of esters is 1. The van der Waals surface area contributed by atoms with Gasteiger partial charge in [0.25, 0.3) is 0 Å². The van der Waals surface area contributed by atoms with Crippen LogP contribution in [-0.4, -0.2) is 27.3 Å². The Bertz CT molecular complexity index is 894. The monoisotopic (exact) mass is 417 g/mol. The van der Waals surface area contributed by atoms with E-state index in [0.29, 0.717) is 0 Å². The first-order chi connectivity index (χ1) is 13.0. The van der Waals surface area contributed by atoms with E-state index in [1.165, 1.54) is 0 Å². The van der Waals surface area contributed by atoms with Crippen molar-refractivity contribution in [2.24, 2.45) is 0 Å². The van der Waals surface area contributed by atoms with E-state index in [1.54, 1.807) is 0 Å². The summed E-state index contributed by atoms with van der Waals surface area (Å²) in [7, 11) is -3.98. The van der Waals surface area contributed by atoms with Crippen molar-refractivity contribution in [1.29, 1.82) is 0 Å². The summed E-state index contributed by atoms with van der Waals surface area (Å²) in [5, 5.41) is 0. The number of nitrogens with one attached hydrogen (secondary N) is 1. The normalized spacial score (nSPS) is 11.9. The highest BCUT2D eigenvalue weighted by Gasteiger charge is 2.31. The molecule has 10 heteroatoms. The summed E-state index contributed by atoms with van der Waals surface area (Å²) in [5.74, 6) is -1.12. The highest BCUT2D eigenvalue weighted by molar-refractivity contribution is 7.89. The zero-order valence-electron chi connectivity index (χ0n) is 14.8. The van der Waals surface area contributed by atoms with Gasteiger partial charge in [-0.2, -0.15) is 0 Å². The van der Waals surface area contributed by atoms with Crippen LogP contribution in [0.1, 0.15) is 17.5 Å². The zero-order valence-corrected chi connectivity index (χ0v) is 15.6. The van der Waals surface area contributed by atoms with E-state index in [9.17, 15) is 26.4 Å². The van der Waals surface area contributed by atoms with Crippen LogP contribution in [0.15, 0.2) is 53.4 Å². The molecule has 0 unspecified atom stereocenters. The second-order valence-electron chi connectivity index (χ2n) is 5.81. The quantitative estimate of drug-likeness (QED) is 0.667. The average molecular weight is 417 g/mol. The van der Waals surface area contributed by atoms with Crippen molar-refractivity contribution in [3.63, 3.8) is 0 Å². The largest absolute Gasteiger partial charge is 0.573 e. The fourth-order valence-corrected chi connectivity index (χ4v) is 3.14. The van der Waals surface area contributed by atoms with Crippen molar-refractivity contribution in [3.05, 3.63) is 59.7 Å². The van der Waals surface area contributed by atoms with Gasteiger partial charge in [-0.3, -0.25) is 4.79 Å². The first-order valence-electron chi connectivity index (χ1n) is 8.12. The molecule has 2 rings (SSSR count). The maximum Gasteiger partial charge on any atom is 0.573 e. The molecule has 0 aromatic heterocycles. The number of halogens is 3. The Kier molecular flexibility index (Phi) is 7.03. The first-order valence-corrected chi connectivity index (χ1v) is 9.60. The van der Waals surface area contributed by atoms with Crippen molar-refractivity contribution < 1.29 is 35.9 Å². The van der Waals surface area contributed by atoms with E-state index < -0.39 is 28.1 Å². The van der Waals surface area contributed by atoms with Crippen molar-refractivity contribution in [2.75, 3.05) is 6.54 Å². The highest BCUT2D eigenvalue weighted by atomic mass is 32.2. The molecule has 0 atom stereocenters. The molecule has 152 valence electrons. The van der Waals surface area contributed by atoms with E-state index in [1.807, 2.05) is 31.2 Å². The van der Waals surface area contributed by atoms with Gasteiger partial charge in [0.15, 0.2) is 0 Å². The number of aryl methyl sites for hydroxylation is 1. The number of hydrogen-bond donors (Lipinski definition) is 1. The number of alkyl halides is 3. The maximum atomic E-state index is 12.1. The minimum absolute atomic E-state index is 0.0759. The summed E-state index contributed by atoms with van der Waals surface area (Å²) in [6.07, 6.45) is -5.06. The minimum atomic E-state index is -4.86. The average Bonchev–Trinajstić information content (AvgIpc) is 2.60. The second kappa shape index (κ2) is 9.07. The van der Waals surface area contributed by atoms with Gasteiger partial charge in [-0.25, -0.2) is 13.1 Å². The summed E-state index contributed by atoms with van der Waals surface area (Å²) in [6.45, 7) is 1.79. The molecule has 0 saturated heterocycles. The van der Waals surface area contributed by atoms with Crippen molar-refractivity contribution in [1.82, 2.24) is 4.72 Å². The number of carbonyl (C=O) groups is 1. The summed E-state index contributed by atoms with van der Waals surface area (Å²) in [4.78, 5) is 11.4. The van der Waals surface area contributed by atoms with Crippen molar-refractivity contribution in [2.45, 2.75) is 31.2 Å². The number of carbonyl (C=O) groups excluding carboxylic acids is 1. The molecule has 0 heterocycles. The molecule has 0 aliphatic carbocycles. The molecule has 0 spiro atoms. The van der Waals surface area contributed by atoms with Crippen LogP contribution in [-0.2, 0) is 26.2 Å². The van der Waals surface area contributed by atoms with Crippen LogP contribution in [0.3, 0.4) is 0 Å². The minimum Gasteiger partial charge on any atom is -0.461 e. The van der Waals surface area contributed by atoms with Gasteiger partial charge in [-0.05, 0) is 36.8 Å². The third-order valence-corrected chi connectivity index (χ3v) is 4.99. The lowest BCUT2D eigenvalue weighted by Gasteiger charge is -2.10. The van der Waals surface area contributed by atoms with Gasteiger partial charge < -0.3 is 9.47 Å². The number of rotatable bonds is 8. The van der Waals surface area contributed by atoms with Gasteiger partial charge in [-0.15, -0.1) is 13.2 Å². The van der Waals surface area contributed by atoms with E-state index in [0.717, 1.165) is 35.4 Å². The fraction of sp³-hybridized carbons (Fsp3) is 0.278. The molecular weight excluding hydrogens is 399 g/mol. The van der Waals surface area contributed by atoms with Crippen LogP contribution in [0, 0.1) is 6.92 Å². The predicted molar refractivity (Wildman–Crippen MR) is 93.9 cm³/mol. The van der Waals surface area contributed by atoms with Crippen LogP contribution in [0.5, 0.6) is 5.75 Å². The molecule has 0 fully saturated rings. The third-order valence-electron chi connectivity index (χ3n) is 3.51. The topological polar surface area (TPSA) is 81.7 Å². The van der Waals surface area contributed by atoms with Crippen LogP contribution in [0.2, 0.25) is 0 Å². The van der Waals surface area contributed by atoms with E-state index in [2.05, 4.69) is 9.46 Å². The summed E-state index contributed by atoms with van der Waals surface area (Å²) >= 11 is 0. The van der Waals surface area contributed by atoms with Gasteiger partial charge in [0, 0.05) is 6.54 Å². The Morgan fingerprint density at radius 3 is 2.21 bits per heavy atom. The lowest BCUT2D eigenvalue weighted by molar-refractivity contribution is -0.274. The molecule has 1 N–H and O–H groups in total. The third kappa shape index (κ3) is 7.20. The van der Waals surface area contributed by atoms with Crippen LogP contribution in [0.4, 0.5) is 13.2 Å². The highest BCUT2D eigenvalue weighted by Crippen LogP contribution is 2.23. The van der Waals surface area contributed by atoms with Gasteiger partial charge in [0.05, 0.1) is 11.3 Å². The molecule has 0 aliphatic heterocycles. The Morgan fingerprint density at radius 1 is 1.04 bits per heavy atom. The van der Waals surface area contributed by atoms with Crippen LogP contribution < -0.4 is 9.46 Å². The zero-order chi connectivity index (χ0) is 20.8. The lowest BCUT2D eigenvalue weighted by Crippen LogP contribution is -2.26. The molecule has 0 aliphatic rings. The molecule has 28 heavy (non-hydrogen) atoms. The number of hydrogen-bond acceptors (Lipinski definition) is 5. The molecule has 0 amide bonds. The number of sulfonamides is 1. The van der Waals surface area contributed by atoms with E-state index in [4.69, 9.17) is 4.74 Å². The molecule has 2 aromatic rings. The smallest absolute Gasteiger partial charge is 0.461 e. The summed E-state index contributed by atoms with van der Waals surface area (Å²) in [5.41, 5.74) is 1.88. The predicted octanol–water partition coefficient (Wildman–Crippen LogP) is 3.31. The molecule has 2 aromatic carbocycles. The summed E-state index contributed by atoms with van der Waals surface area (Å²) in [6, 6.07) is 11.1. The van der Waals surface area contributed by atoms with Crippen molar-refractivity contribution >= 4 is 16.0 Å². The Hall–Kier alpha value is -2.59. The van der Waals surface area contributed by atoms with Gasteiger partial charge in [-0.1, -0.05) is 29.8 Å². The lowest BCUT2D eigenvalue weighted by atomic mass is 10.2. The van der Waals surface area contributed by atoms with E-state index in [-0.39, 0.29) is 24.5 Å². The van der Waals surface area contributed by atoms with E-state index >= 15 is 0 Å². The van der Waals surface area contributed by atoms with Crippen LogP contribution in [0.25, 0.3) is 0 Å². The molecule has 0 saturated carbocycles. The summed E-state index contributed by atoms with van der Waals surface area (Å²) < 4.78 is 71.4. The Labute approximate surface area is 160 Å². The van der Waals surface area contributed by atoms with Crippen molar-refractivity contribution in [3.8, 4) is 5.75 Å². The van der Waals surface area contributed by atoms with Gasteiger partial charge in [0.2, 0.25) is 10.0 Å². The standard InChI is InChI=1S/C18H18F3NO5S/c1-13-2-4-14(5-3-13)12-26-17(23)10-11-22-28(24,25)16-8-6-15(7-9-16)27-18(19,20)21/h2-9,22H,10-12H2,1H3. The number of ether oxygens (including phenoxy) is 2. The SMILES string of the molecule is Cc1ccc(COC(=O)CCNS(=O)(=O)c2ccc(OC(F)(F)F)cc2)cc1. The maximum absolute atomic E-state index is 12.1. The van der Waals surface area contributed by atoms with Crippen LogP contribution >= 0.6 is 0 Å². The van der Waals surface area contributed by atoms with Gasteiger partial charge in [0.1, 0.15) is 12.4 Å². The van der Waals surface area contributed by atoms with Gasteiger partial charge >= 0.3 is 12.3 Å². The first kappa shape index (κ1) is 21.7. The molecule has 0 radical (unpaired) electrons. The number of benzene rings is 2. The fourth-order valence-electron chi connectivity index (χ4n) is 2.11. The Balaban J connectivity index is 1.80.